The van der Waals surface area contributed by atoms with E-state index in [2.05, 4.69) is 11.9 Å². The number of halogens is 1. The molecule has 6 heteroatoms. The lowest BCUT2D eigenvalue weighted by atomic mass is 10.0. The molecular formula is C17H26BrNO4. The van der Waals surface area contributed by atoms with Gasteiger partial charge in [-0.2, -0.15) is 0 Å². The van der Waals surface area contributed by atoms with Gasteiger partial charge in [-0.3, -0.25) is 9.78 Å². The third-order valence-electron chi connectivity index (χ3n) is 3.51. The molecular weight excluding hydrogens is 362 g/mol. The van der Waals surface area contributed by atoms with Crippen LogP contribution in [0.2, 0.25) is 0 Å². The second kappa shape index (κ2) is 12.0. The van der Waals surface area contributed by atoms with Crippen molar-refractivity contribution in [2.24, 2.45) is 0 Å². The average molecular weight is 388 g/mol. The highest BCUT2D eigenvalue weighted by Crippen LogP contribution is 2.18. The van der Waals surface area contributed by atoms with Crippen LogP contribution in [0.1, 0.15) is 74.3 Å². The van der Waals surface area contributed by atoms with Crippen LogP contribution in [0, 0.1) is 0 Å². The molecule has 1 rings (SSSR count). The summed E-state index contributed by atoms with van der Waals surface area (Å²) in [5.41, 5.74) is 0.608. The molecule has 1 atom stereocenters. The molecule has 0 aliphatic heterocycles. The van der Waals surface area contributed by atoms with Gasteiger partial charge in [0.15, 0.2) is 0 Å². The Labute approximate surface area is 148 Å². The van der Waals surface area contributed by atoms with Crippen LogP contribution in [0.25, 0.3) is 0 Å². The molecule has 0 spiro atoms. The van der Waals surface area contributed by atoms with Crippen LogP contribution >= 0.6 is 17.0 Å². The van der Waals surface area contributed by atoms with Gasteiger partial charge < -0.3 is 9.84 Å². The topological polar surface area (TPSA) is 76.5 Å². The number of ether oxygens (including phenoxy) is 1. The van der Waals surface area contributed by atoms with Crippen molar-refractivity contribution < 1.29 is 19.4 Å². The minimum absolute atomic E-state index is 0. The van der Waals surface area contributed by atoms with Crippen LogP contribution in [-0.2, 0) is 9.53 Å². The smallest absolute Gasteiger partial charge is 0.337 e. The molecule has 1 N–H and O–H groups in total. The number of esters is 1. The first-order valence-corrected chi connectivity index (χ1v) is 7.90. The van der Waals surface area contributed by atoms with Crippen molar-refractivity contribution >= 4 is 28.9 Å². The number of aromatic nitrogens is 1. The molecule has 0 aromatic carbocycles. The lowest BCUT2D eigenvalue weighted by Crippen LogP contribution is -2.15. The molecule has 5 nitrogen and oxygen atoms in total. The van der Waals surface area contributed by atoms with Crippen LogP contribution in [0.15, 0.2) is 18.3 Å². The van der Waals surface area contributed by atoms with Crippen LogP contribution < -0.4 is 0 Å². The Morgan fingerprint density at radius 1 is 1.26 bits per heavy atom. The Balaban J connectivity index is 0.00000484. The first-order chi connectivity index (χ1) is 10.6. The lowest BCUT2D eigenvalue weighted by molar-refractivity contribution is -0.144. The third-order valence-corrected chi connectivity index (χ3v) is 3.51. The molecule has 0 fully saturated rings. The highest BCUT2D eigenvalue weighted by molar-refractivity contribution is 8.93. The van der Waals surface area contributed by atoms with Crippen molar-refractivity contribution in [1.82, 2.24) is 4.98 Å². The van der Waals surface area contributed by atoms with Gasteiger partial charge in [-0.1, -0.05) is 39.5 Å². The van der Waals surface area contributed by atoms with Gasteiger partial charge >= 0.3 is 11.9 Å². The first-order valence-electron chi connectivity index (χ1n) is 7.90. The molecule has 0 aliphatic carbocycles. The quantitative estimate of drug-likeness (QED) is 0.476. The largest absolute Gasteiger partial charge is 0.478 e. The van der Waals surface area contributed by atoms with E-state index in [1.807, 2.05) is 6.92 Å². The number of hydrogen-bond donors (Lipinski definition) is 1. The zero-order chi connectivity index (χ0) is 16.4. The van der Waals surface area contributed by atoms with Crippen molar-refractivity contribution in [2.45, 2.75) is 58.3 Å². The second-order valence-corrected chi connectivity index (χ2v) is 5.49. The normalized spacial score (nSPS) is 11.4. The Morgan fingerprint density at radius 3 is 2.61 bits per heavy atom. The number of aromatic carboxylic acids is 1. The van der Waals surface area contributed by atoms with Gasteiger partial charge in [-0.15, -0.1) is 17.0 Å². The Hall–Kier alpha value is -1.43. The molecule has 1 unspecified atom stereocenters. The van der Waals surface area contributed by atoms with Gasteiger partial charge in [-0.05, 0) is 18.6 Å². The summed E-state index contributed by atoms with van der Waals surface area (Å²) in [4.78, 5) is 26.9. The van der Waals surface area contributed by atoms with E-state index < -0.39 is 5.97 Å². The molecule has 0 bridgehead atoms. The van der Waals surface area contributed by atoms with E-state index in [0.29, 0.717) is 12.1 Å². The van der Waals surface area contributed by atoms with Crippen LogP contribution in [0.4, 0.5) is 0 Å². The van der Waals surface area contributed by atoms with Gasteiger partial charge in [0.1, 0.15) is 0 Å². The first kappa shape index (κ1) is 21.6. The van der Waals surface area contributed by atoms with Crippen LogP contribution in [-0.4, -0.2) is 28.6 Å². The van der Waals surface area contributed by atoms with E-state index in [-0.39, 0.29) is 41.0 Å². The summed E-state index contributed by atoms with van der Waals surface area (Å²) in [7, 11) is 0. The van der Waals surface area contributed by atoms with E-state index in [4.69, 9.17) is 9.84 Å². The highest BCUT2D eigenvalue weighted by atomic mass is 79.9. The van der Waals surface area contributed by atoms with Crippen molar-refractivity contribution in [3.8, 4) is 0 Å². The lowest BCUT2D eigenvalue weighted by Gasteiger charge is -2.13. The number of hydrogen-bond acceptors (Lipinski definition) is 4. The van der Waals surface area contributed by atoms with Crippen molar-refractivity contribution in [3.05, 3.63) is 29.6 Å². The van der Waals surface area contributed by atoms with Crippen molar-refractivity contribution in [1.29, 1.82) is 0 Å². The maximum atomic E-state index is 11.7. The summed E-state index contributed by atoms with van der Waals surface area (Å²) in [5, 5.41) is 9.13. The summed E-state index contributed by atoms with van der Waals surface area (Å²) in [6.07, 6.45) is 7.38. The van der Waals surface area contributed by atoms with Crippen LogP contribution in [0.3, 0.4) is 0 Å². The van der Waals surface area contributed by atoms with Gasteiger partial charge in [0, 0.05) is 18.5 Å². The molecule has 1 aromatic heterocycles. The SMILES string of the molecule is Br.CCCCCCCC(=O)OCC(C)c1ncccc1C(=O)O. The number of carbonyl (C=O) groups is 2. The molecule has 130 valence electrons. The van der Waals surface area contributed by atoms with E-state index in [1.54, 1.807) is 12.3 Å². The average Bonchev–Trinajstić information content (AvgIpc) is 2.52. The van der Waals surface area contributed by atoms with Crippen LogP contribution in [0.5, 0.6) is 0 Å². The highest BCUT2D eigenvalue weighted by Gasteiger charge is 2.18. The minimum atomic E-state index is -1.02. The fourth-order valence-corrected chi connectivity index (χ4v) is 2.23. The van der Waals surface area contributed by atoms with Crippen molar-refractivity contribution in [2.75, 3.05) is 6.61 Å². The van der Waals surface area contributed by atoms with Gasteiger partial charge in [0.25, 0.3) is 0 Å². The Kier molecular flexibility index (Phi) is 11.3. The summed E-state index contributed by atoms with van der Waals surface area (Å²) < 4.78 is 5.23. The van der Waals surface area contributed by atoms with E-state index in [0.717, 1.165) is 19.3 Å². The Bertz CT molecular complexity index is 493. The summed E-state index contributed by atoms with van der Waals surface area (Å²) in [5.74, 6) is -1.48. The molecule has 0 saturated carbocycles. The zero-order valence-corrected chi connectivity index (χ0v) is 15.5. The predicted octanol–water partition coefficient (Wildman–Crippen LogP) is 4.36. The molecule has 0 saturated heterocycles. The number of nitrogens with zero attached hydrogens (tertiary/aromatic N) is 1. The zero-order valence-electron chi connectivity index (χ0n) is 13.8. The fraction of sp³-hybridized carbons (Fsp3) is 0.588. The number of rotatable bonds is 10. The van der Waals surface area contributed by atoms with E-state index >= 15 is 0 Å². The maximum absolute atomic E-state index is 11.7. The summed E-state index contributed by atoms with van der Waals surface area (Å²) in [6.45, 7) is 4.12. The molecule has 23 heavy (non-hydrogen) atoms. The Morgan fingerprint density at radius 2 is 1.96 bits per heavy atom. The standard InChI is InChI=1S/C17H25NO4.BrH/c1-3-4-5-6-7-10-15(19)22-12-13(2)16-14(17(20)21)9-8-11-18-16;/h8-9,11,13H,3-7,10,12H2,1-2H3,(H,20,21);1H. The molecule has 0 aliphatic rings. The fourth-order valence-electron chi connectivity index (χ4n) is 2.23. The maximum Gasteiger partial charge on any atom is 0.337 e. The summed E-state index contributed by atoms with van der Waals surface area (Å²) in [6, 6.07) is 3.10. The number of carboxylic acid groups (broad SMARTS) is 1. The third kappa shape index (κ3) is 8.11. The van der Waals surface area contributed by atoms with Gasteiger partial charge in [0.2, 0.25) is 0 Å². The van der Waals surface area contributed by atoms with Gasteiger partial charge in [-0.25, -0.2) is 4.79 Å². The number of unbranched alkanes of at least 4 members (excludes halogenated alkanes) is 4. The van der Waals surface area contributed by atoms with E-state index in [9.17, 15) is 9.59 Å². The molecule has 1 aromatic rings. The minimum Gasteiger partial charge on any atom is -0.478 e. The monoisotopic (exact) mass is 387 g/mol. The van der Waals surface area contributed by atoms with Crippen molar-refractivity contribution in [3.63, 3.8) is 0 Å². The van der Waals surface area contributed by atoms with Gasteiger partial charge in [0.05, 0.1) is 17.9 Å². The molecule has 0 amide bonds. The van der Waals surface area contributed by atoms with E-state index in [1.165, 1.54) is 18.9 Å². The molecule has 0 radical (unpaired) electrons. The number of pyridine rings is 1. The number of carbonyl (C=O) groups excluding carboxylic acids is 1. The number of carboxylic acids is 1. The summed E-state index contributed by atoms with van der Waals surface area (Å²) >= 11 is 0. The molecule has 1 heterocycles. The predicted molar refractivity (Wildman–Crippen MR) is 94.3 cm³/mol. The second-order valence-electron chi connectivity index (χ2n) is 5.49.